The summed E-state index contributed by atoms with van der Waals surface area (Å²) in [6.45, 7) is 14.0. The first-order chi connectivity index (χ1) is 29.6. The van der Waals surface area contributed by atoms with Gasteiger partial charge in [0.15, 0.2) is 0 Å². The van der Waals surface area contributed by atoms with E-state index in [1.54, 1.807) is 0 Å². The maximum absolute atomic E-state index is 4.96. The molecule has 11 rings (SSSR count). The number of nitrogens with zero attached hydrogens (tertiary/aromatic N) is 5. The van der Waals surface area contributed by atoms with E-state index < -0.39 is 0 Å². The predicted molar refractivity (Wildman–Crippen MR) is 255 cm³/mol. The number of allylic oxidation sites excluding steroid dienone is 2. The lowest BCUT2D eigenvalue weighted by molar-refractivity contribution is 0.602. The van der Waals surface area contributed by atoms with Gasteiger partial charge in [-0.25, -0.2) is 9.97 Å². The van der Waals surface area contributed by atoms with Gasteiger partial charge in [0.25, 0.3) is 0 Å². The van der Waals surface area contributed by atoms with Crippen molar-refractivity contribution in [3.63, 3.8) is 0 Å². The van der Waals surface area contributed by atoms with Crippen molar-refractivity contribution in [2.45, 2.75) is 52.4 Å². The summed E-state index contributed by atoms with van der Waals surface area (Å²) >= 11 is 0. The Labute approximate surface area is 356 Å². The van der Waals surface area contributed by atoms with Crippen LogP contribution in [0.4, 0.5) is 28.7 Å². The van der Waals surface area contributed by atoms with E-state index in [1.165, 1.54) is 71.0 Å². The summed E-state index contributed by atoms with van der Waals surface area (Å²) in [5.74, 6) is 1.76. The number of benzene rings is 6. The summed E-state index contributed by atoms with van der Waals surface area (Å²) in [7, 11) is 0. The van der Waals surface area contributed by atoms with Gasteiger partial charge in [0, 0.05) is 56.6 Å². The molecule has 0 unspecified atom stereocenters. The smallest absolute Gasteiger partial charge is 0.137 e. The molecule has 2 aliphatic rings. The highest BCUT2D eigenvalue weighted by Crippen LogP contribution is 2.51. The predicted octanol–water partition coefficient (Wildman–Crippen LogP) is 12.8. The van der Waals surface area contributed by atoms with Crippen LogP contribution >= 0.6 is 0 Å². The van der Waals surface area contributed by atoms with Crippen LogP contribution < -0.4 is 20.4 Å². The van der Waals surface area contributed by atoms with Crippen LogP contribution in [0.25, 0.3) is 49.8 Å². The number of para-hydroxylation sites is 1. The van der Waals surface area contributed by atoms with Gasteiger partial charge < -0.3 is 4.57 Å². The summed E-state index contributed by atoms with van der Waals surface area (Å²) in [5.41, 5.74) is 11.5. The SMILES string of the molecule is C/C=c1c2n3c4c(cc(N(c5ccc6ccccc6c5)c5ccccn5)cc\14)C(C)(C)c1cccc(c1-3)C(C)(C)C=2/C=C(\C)N(c1ccc2ccccc2c1)c1ccccn1. The fourth-order valence-electron chi connectivity index (χ4n) is 10.2. The van der Waals surface area contributed by atoms with Crippen molar-refractivity contribution in [1.29, 1.82) is 0 Å². The molecule has 0 aliphatic carbocycles. The molecule has 0 atom stereocenters. The van der Waals surface area contributed by atoms with Gasteiger partial charge in [-0.15, -0.1) is 0 Å². The second-order valence-electron chi connectivity index (χ2n) is 17.5. The average molecular weight is 790 g/mol. The minimum atomic E-state index is -0.338. The van der Waals surface area contributed by atoms with Crippen LogP contribution in [0.3, 0.4) is 0 Å². The molecule has 0 fully saturated rings. The lowest BCUT2D eigenvalue weighted by Crippen LogP contribution is -2.44. The van der Waals surface area contributed by atoms with E-state index in [2.05, 4.69) is 208 Å². The highest BCUT2D eigenvalue weighted by atomic mass is 15.2. The monoisotopic (exact) mass is 789 g/mol. The van der Waals surface area contributed by atoms with Gasteiger partial charge in [-0.05, 0) is 124 Å². The van der Waals surface area contributed by atoms with Gasteiger partial charge in [-0.1, -0.05) is 125 Å². The zero-order valence-electron chi connectivity index (χ0n) is 35.5. The second-order valence-corrected chi connectivity index (χ2v) is 17.5. The molecule has 3 aromatic heterocycles. The van der Waals surface area contributed by atoms with Gasteiger partial charge in [-0.2, -0.15) is 0 Å². The maximum Gasteiger partial charge on any atom is 0.137 e. The van der Waals surface area contributed by atoms with Crippen LogP contribution in [-0.4, -0.2) is 14.5 Å². The number of fused-ring (bicyclic) bond motifs is 2. The third-order valence-corrected chi connectivity index (χ3v) is 13.3. The fraction of sp³-hybridized carbons (Fsp3) is 0.143. The third-order valence-electron chi connectivity index (χ3n) is 13.3. The Hall–Kier alpha value is -7.24. The first-order valence-electron chi connectivity index (χ1n) is 21.3. The molecule has 5 heteroatoms. The Balaban J connectivity index is 1.23. The molecule has 5 heterocycles. The summed E-state index contributed by atoms with van der Waals surface area (Å²) in [4.78, 5) is 14.5. The summed E-state index contributed by atoms with van der Waals surface area (Å²) in [6.07, 6.45) is 8.53. The summed E-state index contributed by atoms with van der Waals surface area (Å²) in [5, 5.41) is 8.53. The molecule has 0 spiro atoms. The van der Waals surface area contributed by atoms with Crippen molar-refractivity contribution in [2.75, 3.05) is 9.80 Å². The van der Waals surface area contributed by atoms with E-state index in [0.29, 0.717) is 0 Å². The van der Waals surface area contributed by atoms with E-state index in [9.17, 15) is 0 Å². The second kappa shape index (κ2) is 13.7. The zero-order chi connectivity index (χ0) is 41.6. The Morgan fingerprint density at radius 1 is 0.557 bits per heavy atom. The zero-order valence-corrected chi connectivity index (χ0v) is 35.5. The van der Waals surface area contributed by atoms with Crippen LogP contribution in [-0.2, 0) is 10.8 Å². The molecular formula is C56H47N5. The number of anilines is 5. The lowest BCUT2D eigenvalue weighted by Gasteiger charge is -2.42. The maximum atomic E-state index is 4.96. The molecular weight excluding hydrogens is 743 g/mol. The molecule has 296 valence electrons. The fourth-order valence-corrected chi connectivity index (χ4v) is 10.2. The molecule has 0 radical (unpaired) electrons. The van der Waals surface area contributed by atoms with E-state index in [0.717, 1.165) is 34.4 Å². The molecule has 0 saturated heterocycles. The Morgan fingerprint density at radius 3 is 1.79 bits per heavy atom. The first kappa shape index (κ1) is 36.8. The molecule has 0 amide bonds. The van der Waals surface area contributed by atoms with Crippen LogP contribution in [0.2, 0.25) is 0 Å². The Bertz CT molecular complexity index is 3390. The largest absolute Gasteiger partial charge is 0.308 e. The quantitative estimate of drug-likeness (QED) is 0.161. The average Bonchev–Trinajstić information content (AvgIpc) is 3.61. The molecule has 2 aliphatic heterocycles. The molecule has 6 aromatic carbocycles. The number of hydrogen-bond acceptors (Lipinski definition) is 4. The molecule has 0 saturated carbocycles. The van der Waals surface area contributed by atoms with Crippen molar-refractivity contribution < 1.29 is 0 Å². The van der Waals surface area contributed by atoms with Crippen molar-refractivity contribution >= 4 is 72.8 Å². The molecule has 5 nitrogen and oxygen atoms in total. The number of hydrogen-bond donors (Lipinski definition) is 0. The van der Waals surface area contributed by atoms with Crippen LogP contribution in [0.5, 0.6) is 0 Å². The van der Waals surface area contributed by atoms with E-state index in [4.69, 9.17) is 9.97 Å². The molecule has 0 bridgehead atoms. The summed E-state index contributed by atoms with van der Waals surface area (Å²) in [6, 6.07) is 54.7. The van der Waals surface area contributed by atoms with Gasteiger partial charge in [0.1, 0.15) is 11.6 Å². The molecule has 0 N–H and O–H groups in total. The lowest BCUT2D eigenvalue weighted by atomic mass is 9.68. The molecule has 61 heavy (non-hydrogen) atoms. The Kier molecular flexibility index (Phi) is 8.24. The van der Waals surface area contributed by atoms with Gasteiger partial charge in [-0.3, -0.25) is 9.80 Å². The van der Waals surface area contributed by atoms with Crippen LogP contribution in [0.1, 0.15) is 58.2 Å². The van der Waals surface area contributed by atoms with Gasteiger partial charge >= 0.3 is 0 Å². The number of pyridine rings is 2. The minimum Gasteiger partial charge on any atom is -0.308 e. The highest BCUT2D eigenvalue weighted by molar-refractivity contribution is 5.98. The summed E-state index contributed by atoms with van der Waals surface area (Å²) < 4.78 is 2.60. The topological polar surface area (TPSA) is 37.2 Å². The van der Waals surface area contributed by atoms with Gasteiger partial charge in [0.05, 0.1) is 16.6 Å². The number of rotatable bonds is 7. The Morgan fingerprint density at radius 2 is 1.15 bits per heavy atom. The standard InChI is InChI=1S/C56H47N5/c1-7-44-45-34-43(60(51-24-13-15-30-58-51)42-28-26-38-18-9-11-20-40(38)33-42)35-49-53(45)61-52(44)48(55(3,4)46-21-16-22-47(54(46)61)56(49,5)6)31-36(2)59(50-23-12-14-29-57-50)41-27-25-37-17-8-10-19-39(37)32-41/h7-35H,1-6H3/b36-31+,44-7-. The van der Waals surface area contributed by atoms with Crippen molar-refractivity contribution in [2.24, 2.45) is 0 Å². The normalized spacial score (nSPS) is 15.1. The number of aromatic nitrogens is 3. The van der Waals surface area contributed by atoms with Crippen molar-refractivity contribution in [1.82, 2.24) is 14.5 Å². The van der Waals surface area contributed by atoms with Gasteiger partial charge in [0.2, 0.25) is 0 Å². The first-order valence-corrected chi connectivity index (χ1v) is 21.3. The van der Waals surface area contributed by atoms with Crippen LogP contribution in [0, 0.1) is 0 Å². The van der Waals surface area contributed by atoms with E-state index in [1.807, 2.05) is 24.5 Å². The third kappa shape index (κ3) is 5.53. The van der Waals surface area contributed by atoms with Crippen molar-refractivity contribution in [3.8, 4) is 5.69 Å². The van der Waals surface area contributed by atoms with E-state index >= 15 is 0 Å². The van der Waals surface area contributed by atoms with Crippen LogP contribution in [0.15, 0.2) is 176 Å². The van der Waals surface area contributed by atoms with Crippen molar-refractivity contribution in [3.05, 3.63) is 203 Å². The minimum absolute atomic E-state index is 0.291. The highest BCUT2D eigenvalue weighted by Gasteiger charge is 2.43. The molecule has 9 aromatic rings. The van der Waals surface area contributed by atoms with E-state index in [-0.39, 0.29) is 10.8 Å².